The van der Waals surface area contributed by atoms with Crippen LogP contribution in [-0.2, 0) is 0 Å². The molecule has 1 nitrogen and oxygen atoms in total. The van der Waals surface area contributed by atoms with Crippen molar-refractivity contribution in [2.75, 3.05) is 7.11 Å². The van der Waals surface area contributed by atoms with Crippen LogP contribution in [0.25, 0.3) is 11.1 Å². The summed E-state index contributed by atoms with van der Waals surface area (Å²) in [5.41, 5.74) is 3.68. The average Bonchev–Trinajstić information content (AvgIpc) is 2.31. The minimum absolute atomic E-state index is 0.906. The fourth-order valence-electron chi connectivity index (χ4n) is 1.64. The van der Waals surface area contributed by atoms with Crippen LogP contribution < -0.4 is 10.0 Å². The van der Waals surface area contributed by atoms with E-state index in [1.54, 1.807) is 7.11 Å². The van der Waals surface area contributed by atoms with Crippen molar-refractivity contribution in [3.05, 3.63) is 48.0 Å². The van der Waals surface area contributed by atoms with Gasteiger partial charge >= 0.3 is 0 Å². The zero-order valence-electron chi connectivity index (χ0n) is 9.53. The van der Waals surface area contributed by atoms with Gasteiger partial charge in [0.2, 0.25) is 0 Å². The molecule has 82 valence electrons. The van der Waals surface area contributed by atoms with Crippen molar-refractivity contribution in [2.24, 2.45) is 0 Å². The third-order valence-electron chi connectivity index (χ3n) is 2.62. The van der Waals surface area contributed by atoms with Gasteiger partial charge in [0.15, 0.2) is 0 Å². The Hall–Kier alpha value is -1.33. The van der Waals surface area contributed by atoms with Crippen LogP contribution in [0.5, 0.6) is 5.75 Å². The van der Waals surface area contributed by atoms with E-state index in [4.69, 9.17) is 4.74 Å². The number of methoxy groups -OCH3 is 1. The van der Waals surface area contributed by atoms with Crippen molar-refractivity contribution >= 4 is 14.5 Å². The molecule has 0 radical (unpaired) electrons. The minimum atomic E-state index is 0.906. The molecule has 2 aromatic rings. The minimum Gasteiger partial charge on any atom is -0.496 e. The van der Waals surface area contributed by atoms with Crippen LogP contribution in [0.2, 0.25) is 0 Å². The number of hydrogen-bond donors (Lipinski definition) is 0. The second-order valence-corrected chi connectivity index (χ2v) is 4.44. The third-order valence-corrected chi connectivity index (χ3v) is 3.10. The summed E-state index contributed by atoms with van der Waals surface area (Å²) in [4.78, 5) is 0. The summed E-state index contributed by atoms with van der Waals surface area (Å²) in [6.07, 6.45) is 0. The van der Waals surface area contributed by atoms with Crippen LogP contribution in [0.4, 0.5) is 0 Å². The van der Waals surface area contributed by atoms with Gasteiger partial charge in [0, 0.05) is 5.30 Å². The summed E-state index contributed by atoms with van der Waals surface area (Å²) in [5.74, 6) is 0.906. The van der Waals surface area contributed by atoms with Gasteiger partial charge in [-0.15, -0.1) is 9.24 Å². The van der Waals surface area contributed by atoms with E-state index in [1.807, 2.05) is 0 Å². The molecule has 2 heteroatoms. The van der Waals surface area contributed by atoms with Gasteiger partial charge in [0.25, 0.3) is 0 Å². The first-order valence-corrected chi connectivity index (χ1v) is 5.79. The van der Waals surface area contributed by atoms with Gasteiger partial charge in [0.05, 0.1) is 7.11 Å². The molecule has 2 rings (SSSR count). The first kappa shape index (κ1) is 11.2. The molecule has 0 saturated heterocycles. The van der Waals surface area contributed by atoms with E-state index in [0.29, 0.717) is 0 Å². The molecule has 0 aliphatic carbocycles. The van der Waals surface area contributed by atoms with Crippen LogP contribution >= 0.6 is 9.24 Å². The lowest BCUT2D eigenvalue weighted by molar-refractivity contribution is 0.418. The van der Waals surface area contributed by atoms with Gasteiger partial charge < -0.3 is 4.74 Å². The summed E-state index contributed by atoms with van der Waals surface area (Å²) < 4.78 is 5.31. The van der Waals surface area contributed by atoms with Crippen molar-refractivity contribution in [1.82, 2.24) is 0 Å². The highest BCUT2D eigenvalue weighted by Crippen LogP contribution is 2.23. The van der Waals surface area contributed by atoms with Crippen LogP contribution in [0.15, 0.2) is 42.5 Å². The highest BCUT2D eigenvalue weighted by Gasteiger charge is 2.02. The van der Waals surface area contributed by atoms with Gasteiger partial charge in [-0.3, -0.25) is 0 Å². The average molecular weight is 230 g/mol. The third kappa shape index (κ3) is 2.25. The predicted octanol–water partition coefficient (Wildman–Crippen LogP) is 3.17. The SMILES string of the molecule is COc1cc(-c2ccc(C)cc2)ccc1P. The molecule has 0 amide bonds. The molecule has 0 bridgehead atoms. The number of aryl methyl sites for hydroxylation is 1. The second kappa shape index (κ2) is 4.67. The largest absolute Gasteiger partial charge is 0.496 e. The lowest BCUT2D eigenvalue weighted by atomic mass is 10.0. The summed E-state index contributed by atoms with van der Waals surface area (Å²) in [5, 5.41) is 1.08. The Morgan fingerprint density at radius 2 is 1.56 bits per heavy atom. The van der Waals surface area contributed by atoms with E-state index in [2.05, 4.69) is 58.6 Å². The van der Waals surface area contributed by atoms with E-state index in [0.717, 1.165) is 11.1 Å². The quantitative estimate of drug-likeness (QED) is 0.720. The van der Waals surface area contributed by atoms with Crippen LogP contribution in [0, 0.1) is 6.92 Å². The van der Waals surface area contributed by atoms with Gasteiger partial charge in [-0.2, -0.15) is 0 Å². The first-order chi connectivity index (χ1) is 7.70. The maximum absolute atomic E-state index is 5.31. The van der Waals surface area contributed by atoms with Crippen molar-refractivity contribution in [3.63, 3.8) is 0 Å². The van der Waals surface area contributed by atoms with Crippen molar-refractivity contribution < 1.29 is 4.74 Å². The topological polar surface area (TPSA) is 9.23 Å². The summed E-state index contributed by atoms with van der Waals surface area (Å²) in [6.45, 7) is 2.09. The summed E-state index contributed by atoms with van der Waals surface area (Å²) in [7, 11) is 4.37. The van der Waals surface area contributed by atoms with E-state index < -0.39 is 0 Å². The normalized spacial score (nSPS) is 10.2. The Kier molecular flexibility index (Phi) is 3.26. The molecule has 0 aromatic heterocycles. The molecule has 0 fully saturated rings. The van der Waals surface area contributed by atoms with E-state index in [1.165, 1.54) is 16.7 Å². The van der Waals surface area contributed by atoms with E-state index >= 15 is 0 Å². The Bertz CT molecular complexity index is 489. The van der Waals surface area contributed by atoms with Crippen LogP contribution in [0.3, 0.4) is 0 Å². The summed E-state index contributed by atoms with van der Waals surface area (Å²) >= 11 is 0. The monoisotopic (exact) mass is 230 g/mol. The zero-order valence-corrected chi connectivity index (χ0v) is 10.7. The molecular weight excluding hydrogens is 215 g/mol. The standard InChI is InChI=1S/C14H15OP/c1-10-3-5-11(6-4-10)12-7-8-14(16)13(9-12)15-2/h3-9H,16H2,1-2H3. The van der Waals surface area contributed by atoms with Gasteiger partial charge in [-0.25, -0.2) is 0 Å². The Morgan fingerprint density at radius 1 is 0.938 bits per heavy atom. The number of rotatable bonds is 2. The van der Waals surface area contributed by atoms with Gasteiger partial charge in [-0.1, -0.05) is 42.0 Å². The fourth-order valence-corrected chi connectivity index (χ4v) is 1.93. The highest BCUT2D eigenvalue weighted by atomic mass is 31.0. The maximum Gasteiger partial charge on any atom is 0.126 e. The van der Waals surface area contributed by atoms with Gasteiger partial charge in [0.1, 0.15) is 5.75 Å². The lowest BCUT2D eigenvalue weighted by Gasteiger charge is -2.07. The molecule has 0 saturated carbocycles. The fraction of sp³-hybridized carbons (Fsp3) is 0.143. The molecule has 0 heterocycles. The molecular formula is C14H15OP. The number of hydrogen-bond acceptors (Lipinski definition) is 1. The Labute approximate surface area is 98.7 Å². The van der Waals surface area contributed by atoms with Crippen molar-refractivity contribution in [1.29, 1.82) is 0 Å². The zero-order chi connectivity index (χ0) is 11.5. The maximum atomic E-state index is 5.31. The highest BCUT2D eigenvalue weighted by molar-refractivity contribution is 7.27. The first-order valence-electron chi connectivity index (χ1n) is 5.21. The predicted molar refractivity (Wildman–Crippen MR) is 72.5 cm³/mol. The van der Waals surface area contributed by atoms with Crippen molar-refractivity contribution in [2.45, 2.75) is 6.92 Å². The smallest absolute Gasteiger partial charge is 0.126 e. The molecule has 0 aliphatic heterocycles. The van der Waals surface area contributed by atoms with Crippen molar-refractivity contribution in [3.8, 4) is 16.9 Å². The van der Waals surface area contributed by atoms with Crippen LogP contribution in [0.1, 0.15) is 5.56 Å². The van der Waals surface area contributed by atoms with E-state index in [9.17, 15) is 0 Å². The molecule has 0 N–H and O–H groups in total. The lowest BCUT2D eigenvalue weighted by Crippen LogP contribution is -1.97. The molecule has 0 spiro atoms. The second-order valence-electron chi connectivity index (χ2n) is 3.82. The van der Waals surface area contributed by atoms with Crippen LogP contribution in [-0.4, -0.2) is 7.11 Å². The molecule has 0 aliphatic rings. The number of benzene rings is 2. The molecule has 1 atom stereocenters. The van der Waals surface area contributed by atoms with E-state index in [-0.39, 0.29) is 0 Å². The number of ether oxygens (including phenoxy) is 1. The molecule has 2 aromatic carbocycles. The van der Waals surface area contributed by atoms with Gasteiger partial charge in [-0.05, 0) is 24.1 Å². The molecule has 16 heavy (non-hydrogen) atoms. The Morgan fingerprint density at radius 3 is 2.19 bits per heavy atom. The Balaban J connectivity index is 2.44. The molecule has 1 unspecified atom stereocenters. The summed E-state index contributed by atoms with van der Waals surface area (Å²) in [6, 6.07) is 14.7.